The molecule has 0 saturated carbocycles. The Labute approximate surface area is 105 Å². The minimum Gasteiger partial charge on any atom is -0.258 e. The topological polar surface area (TPSA) is 43.1 Å². The highest BCUT2D eigenvalue weighted by Gasteiger charge is 2.36. The van der Waals surface area contributed by atoms with Crippen molar-refractivity contribution in [1.29, 1.82) is 0 Å². The van der Waals surface area contributed by atoms with Crippen LogP contribution in [0.4, 0.5) is 18.9 Å². The van der Waals surface area contributed by atoms with Gasteiger partial charge >= 0.3 is 6.18 Å². The fourth-order valence-corrected chi connectivity index (χ4v) is 1.89. The van der Waals surface area contributed by atoms with Crippen LogP contribution in [0.1, 0.15) is 14.9 Å². The molecule has 0 unspecified atom stereocenters. The van der Waals surface area contributed by atoms with Gasteiger partial charge in [-0.1, -0.05) is 31.9 Å². The molecule has 0 radical (unpaired) electrons. The SMILES string of the molecule is O=[N+]([O-])c1ccc(C(Br)Br)c(C(F)(F)F)c1. The zero-order chi connectivity index (χ0) is 12.5. The third kappa shape index (κ3) is 2.94. The van der Waals surface area contributed by atoms with Crippen LogP contribution < -0.4 is 0 Å². The number of hydrogen-bond acceptors (Lipinski definition) is 2. The number of non-ortho nitro benzene ring substituents is 1. The van der Waals surface area contributed by atoms with E-state index in [4.69, 9.17) is 0 Å². The predicted octanol–water partition coefficient (Wildman–Crippen LogP) is 4.40. The first-order valence-corrected chi connectivity index (χ1v) is 5.70. The molecular weight excluding hydrogens is 359 g/mol. The first kappa shape index (κ1) is 13.4. The largest absolute Gasteiger partial charge is 0.416 e. The molecule has 8 heteroatoms. The van der Waals surface area contributed by atoms with Gasteiger partial charge in [0.05, 0.1) is 14.2 Å². The average molecular weight is 363 g/mol. The quantitative estimate of drug-likeness (QED) is 0.444. The first-order chi connectivity index (χ1) is 7.23. The van der Waals surface area contributed by atoms with E-state index in [1.54, 1.807) is 0 Å². The van der Waals surface area contributed by atoms with Gasteiger partial charge in [-0.2, -0.15) is 13.2 Å². The summed E-state index contributed by atoms with van der Waals surface area (Å²) in [6.07, 6.45) is -4.62. The van der Waals surface area contributed by atoms with Crippen molar-refractivity contribution in [2.75, 3.05) is 0 Å². The van der Waals surface area contributed by atoms with Crippen LogP contribution in [0, 0.1) is 10.1 Å². The fraction of sp³-hybridized carbons (Fsp3) is 0.250. The molecule has 3 nitrogen and oxygen atoms in total. The fourth-order valence-electron chi connectivity index (χ4n) is 1.09. The molecule has 1 aromatic carbocycles. The summed E-state index contributed by atoms with van der Waals surface area (Å²) in [7, 11) is 0. The number of rotatable bonds is 2. The van der Waals surface area contributed by atoms with Crippen LogP contribution in [-0.2, 0) is 6.18 Å². The van der Waals surface area contributed by atoms with E-state index < -0.39 is 26.1 Å². The lowest BCUT2D eigenvalue weighted by atomic mass is 10.1. The summed E-state index contributed by atoms with van der Waals surface area (Å²) in [5, 5.41) is 10.4. The maximum absolute atomic E-state index is 12.6. The van der Waals surface area contributed by atoms with E-state index in [1.165, 1.54) is 0 Å². The van der Waals surface area contributed by atoms with Crippen molar-refractivity contribution >= 4 is 37.5 Å². The normalized spacial score (nSPS) is 11.9. The molecule has 0 heterocycles. The van der Waals surface area contributed by atoms with Crippen LogP contribution in [-0.4, -0.2) is 4.92 Å². The Bertz CT molecular complexity index is 420. The summed E-state index contributed by atoms with van der Waals surface area (Å²) in [5.41, 5.74) is -1.71. The minimum atomic E-state index is -4.62. The van der Waals surface area contributed by atoms with Gasteiger partial charge in [0.1, 0.15) is 0 Å². The lowest BCUT2D eigenvalue weighted by Crippen LogP contribution is -2.09. The van der Waals surface area contributed by atoms with E-state index >= 15 is 0 Å². The molecule has 16 heavy (non-hydrogen) atoms. The highest BCUT2D eigenvalue weighted by atomic mass is 79.9. The Kier molecular flexibility index (Phi) is 3.95. The van der Waals surface area contributed by atoms with Crippen molar-refractivity contribution in [2.24, 2.45) is 0 Å². The second kappa shape index (κ2) is 4.70. The number of hydrogen-bond donors (Lipinski definition) is 0. The Morgan fingerprint density at radius 3 is 2.25 bits per heavy atom. The third-order valence-corrected chi connectivity index (χ3v) is 2.77. The summed E-state index contributed by atoms with van der Waals surface area (Å²) >= 11 is 5.87. The van der Waals surface area contributed by atoms with Gasteiger partial charge in [-0.25, -0.2) is 0 Å². The number of nitro benzene ring substituents is 1. The van der Waals surface area contributed by atoms with Crippen LogP contribution in [0.2, 0.25) is 0 Å². The molecule has 0 aliphatic heterocycles. The summed E-state index contributed by atoms with van der Waals surface area (Å²) in [6, 6.07) is 2.61. The Hall–Kier alpha value is -0.630. The maximum Gasteiger partial charge on any atom is 0.416 e. The molecule has 1 aromatic rings. The van der Waals surface area contributed by atoms with E-state index in [0.29, 0.717) is 6.07 Å². The van der Waals surface area contributed by atoms with Gasteiger partial charge in [-0.15, -0.1) is 0 Å². The van der Waals surface area contributed by atoms with Crippen LogP contribution in [0.3, 0.4) is 0 Å². The molecule has 1 rings (SSSR count). The molecular formula is C8H4Br2F3NO2. The second-order valence-corrected chi connectivity index (χ2v) is 5.89. The van der Waals surface area contributed by atoms with E-state index in [9.17, 15) is 23.3 Å². The van der Waals surface area contributed by atoms with Gasteiger partial charge in [0, 0.05) is 12.1 Å². The molecule has 0 aliphatic rings. The highest BCUT2D eigenvalue weighted by molar-refractivity contribution is 9.24. The van der Waals surface area contributed by atoms with Crippen molar-refractivity contribution in [3.05, 3.63) is 39.4 Å². The van der Waals surface area contributed by atoms with Gasteiger partial charge < -0.3 is 0 Å². The average Bonchev–Trinajstić information content (AvgIpc) is 2.15. The van der Waals surface area contributed by atoms with Gasteiger partial charge in [0.2, 0.25) is 0 Å². The lowest BCUT2D eigenvalue weighted by Gasteiger charge is -2.13. The summed E-state index contributed by atoms with van der Waals surface area (Å²) in [4.78, 5) is 9.51. The number of benzene rings is 1. The molecule has 0 fully saturated rings. The van der Waals surface area contributed by atoms with Crippen molar-refractivity contribution in [2.45, 2.75) is 9.91 Å². The van der Waals surface area contributed by atoms with Crippen molar-refractivity contribution in [3.8, 4) is 0 Å². The summed E-state index contributed by atoms with van der Waals surface area (Å²) in [6.45, 7) is 0. The van der Waals surface area contributed by atoms with Gasteiger partial charge in [0.25, 0.3) is 5.69 Å². The molecule has 0 atom stereocenters. The highest BCUT2D eigenvalue weighted by Crippen LogP contribution is 2.41. The molecule has 0 bridgehead atoms. The van der Waals surface area contributed by atoms with E-state index in [-0.39, 0.29) is 5.56 Å². The molecule has 88 valence electrons. The summed E-state index contributed by atoms with van der Waals surface area (Å²) in [5.74, 6) is 0. The zero-order valence-electron chi connectivity index (χ0n) is 7.46. The number of halogens is 5. The number of alkyl halides is 5. The number of nitrogens with zero attached hydrogens (tertiary/aromatic N) is 1. The minimum absolute atomic E-state index is 0.0990. The number of nitro groups is 1. The molecule has 0 saturated heterocycles. The van der Waals surface area contributed by atoms with Crippen LogP contribution in [0.25, 0.3) is 0 Å². The van der Waals surface area contributed by atoms with Gasteiger partial charge in [-0.05, 0) is 11.6 Å². The Balaban J connectivity index is 3.39. The standard InChI is InChI=1S/C8H4Br2F3NO2/c9-7(10)5-2-1-4(14(15)16)3-6(5)8(11,12)13/h1-3,7H. The van der Waals surface area contributed by atoms with Gasteiger partial charge in [0.15, 0.2) is 0 Å². The van der Waals surface area contributed by atoms with Crippen LogP contribution in [0.15, 0.2) is 18.2 Å². The summed E-state index contributed by atoms with van der Waals surface area (Å²) < 4.78 is 37.1. The van der Waals surface area contributed by atoms with E-state index in [0.717, 1.165) is 12.1 Å². The van der Waals surface area contributed by atoms with Crippen molar-refractivity contribution in [3.63, 3.8) is 0 Å². The zero-order valence-corrected chi connectivity index (χ0v) is 10.6. The second-order valence-electron chi connectivity index (χ2n) is 2.83. The third-order valence-electron chi connectivity index (χ3n) is 1.79. The van der Waals surface area contributed by atoms with Crippen LogP contribution in [0.5, 0.6) is 0 Å². The Morgan fingerprint density at radius 1 is 1.31 bits per heavy atom. The van der Waals surface area contributed by atoms with Crippen molar-refractivity contribution in [1.82, 2.24) is 0 Å². The molecule has 0 aromatic heterocycles. The lowest BCUT2D eigenvalue weighted by molar-refractivity contribution is -0.385. The van der Waals surface area contributed by atoms with Crippen molar-refractivity contribution < 1.29 is 18.1 Å². The van der Waals surface area contributed by atoms with Crippen LogP contribution >= 0.6 is 31.9 Å². The van der Waals surface area contributed by atoms with E-state index in [2.05, 4.69) is 31.9 Å². The molecule has 0 amide bonds. The predicted molar refractivity (Wildman–Crippen MR) is 58.7 cm³/mol. The molecule has 0 spiro atoms. The first-order valence-electron chi connectivity index (χ1n) is 3.87. The smallest absolute Gasteiger partial charge is 0.258 e. The van der Waals surface area contributed by atoms with Gasteiger partial charge in [-0.3, -0.25) is 10.1 Å². The monoisotopic (exact) mass is 361 g/mol. The molecule has 0 aliphatic carbocycles. The van der Waals surface area contributed by atoms with E-state index in [1.807, 2.05) is 0 Å². The molecule has 0 N–H and O–H groups in total. The Morgan fingerprint density at radius 2 is 1.88 bits per heavy atom. The maximum atomic E-state index is 12.6.